The third-order valence-corrected chi connectivity index (χ3v) is 4.85. The highest BCUT2D eigenvalue weighted by molar-refractivity contribution is 7.99. The van der Waals surface area contributed by atoms with Crippen LogP contribution < -0.4 is 5.32 Å². The van der Waals surface area contributed by atoms with Crippen molar-refractivity contribution in [1.29, 1.82) is 0 Å². The standard InChI is InChI=1S/C18H13Cl2N3O4S/c19-11-3-6-13(14(20)8-11)17-22-23-18(27-17)28-9-15(24)21-12-4-1-10(2-5-12)7-16(25)26/h1-6,8H,7,9H2,(H,21,24)(H,25,26). The number of carboxylic acids is 1. The molecule has 1 amide bonds. The number of halogens is 2. The lowest BCUT2D eigenvalue weighted by atomic mass is 10.1. The number of amides is 1. The zero-order valence-corrected chi connectivity index (χ0v) is 16.5. The zero-order valence-electron chi connectivity index (χ0n) is 14.2. The van der Waals surface area contributed by atoms with Gasteiger partial charge in [0.15, 0.2) is 0 Å². The number of rotatable bonds is 7. The van der Waals surface area contributed by atoms with Gasteiger partial charge in [-0.1, -0.05) is 47.1 Å². The fraction of sp³-hybridized carbons (Fsp3) is 0.111. The van der Waals surface area contributed by atoms with E-state index in [0.29, 0.717) is 26.9 Å². The van der Waals surface area contributed by atoms with Gasteiger partial charge in [0, 0.05) is 10.7 Å². The van der Waals surface area contributed by atoms with Crippen molar-refractivity contribution in [3.05, 3.63) is 58.1 Å². The SMILES string of the molecule is O=C(O)Cc1ccc(NC(=O)CSc2nnc(-c3ccc(Cl)cc3Cl)o2)cc1. The molecule has 0 saturated carbocycles. The van der Waals surface area contributed by atoms with Crippen LogP contribution in [0.2, 0.25) is 10.0 Å². The molecule has 2 N–H and O–H groups in total. The molecule has 28 heavy (non-hydrogen) atoms. The van der Waals surface area contributed by atoms with Gasteiger partial charge < -0.3 is 14.8 Å². The fourth-order valence-corrected chi connectivity index (χ4v) is 3.30. The third-order valence-electron chi connectivity index (χ3n) is 3.49. The Morgan fingerprint density at radius 1 is 1.11 bits per heavy atom. The molecule has 0 aliphatic carbocycles. The van der Waals surface area contributed by atoms with E-state index in [-0.39, 0.29) is 29.2 Å². The lowest BCUT2D eigenvalue weighted by Crippen LogP contribution is -2.14. The number of thioether (sulfide) groups is 1. The third kappa shape index (κ3) is 5.48. The zero-order chi connectivity index (χ0) is 20.1. The Morgan fingerprint density at radius 3 is 2.54 bits per heavy atom. The van der Waals surface area contributed by atoms with Crippen LogP contribution in [-0.2, 0) is 16.0 Å². The molecule has 1 aromatic heterocycles. The van der Waals surface area contributed by atoms with Crippen LogP contribution in [0.3, 0.4) is 0 Å². The molecule has 7 nitrogen and oxygen atoms in total. The first-order valence-corrected chi connectivity index (χ1v) is 9.67. The van der Waals surface area contributed by atoms with E-state index in [2.05, 4.69) is 15.5 Å². The molecular weight excluding hydrogens is 425 g/mol. The van der Waals surface area contributed by atoms with Gasteiger partial charge in [0.1, 0.15) is 0 Å². The van der Waals surface area contributed by atoms with Crippen LogP contribution in [0, 0.1) is 0 Å². The van der Waals surface area contributed by atoms with Gasteiger partial charge in [0.2, 0.25) is 11.8 Å². The first-order valence-electron chi connectivity index (χ1n) is 7.93. The number of carboxylic acid groups (broad SMARTS) is 1. The van der Waals surface area contributed by atoms with Crippen molar-refractivity contribution in [3.63, 3.8) is 0 Å². The average molecular weight is 438 g/mol. The molecule has 3 aromatic rings. The largest absolute Gasteiger partial charge is 0.481 e. The van der Waals surface area contributed by atoms with Crippen molar-refractivity contribution in [1.82, 2.24) is 10.2 Å². The number of carbonyl (C=O) groups is 2. The molecule has 144 valence electrons. The predicted octanol–water partition coefficient (Wildman–Crippen LogP) is 4.40. The number of anilines is 1. The molecule has 1 heterocycles. The highest BCUT2D eigenvalue weighted by Crippen LogP contribution is 2.31. The molecule has 0 unspecified atom stereocenters. The van der Waals surface area contributed by atoms with Crippen molar-refractivity contribution < 1.29 is 19.1 Å². The van der Waals surface area contributed by atoms with Gasteiger partial charge in [-0.2, -0.15) is 0 Å². The van der Waals surface area contributed by atoms with Gasteiger partial charge in [-0.3, -0.25) is 9.59 Å². The smallest absolute Gasteiger partial charge is 0.307 e. The number of aromatic nitrogens is 2. The van der Waals surface area contributed by atoms with Crippen LogP contribution in [0.1, 0.15) is 5.56 Å². The second kappa shape index (κ2) is 9.09. The van der Waals surface area contributed by atoms with Crippen molar-refractivity contribution in [2.75, 3.05) is 11.1 Å². The molecular formula is C18H13Cl2N3O4S. The topological polar surface area (TPSA) is 105 Å². The summed E-state index contributed by atoms with van der Waals surface area (Å²) in [4.78, 5) is 22.7. The van der Waals surface area contributed by atoms with Crippen molar-refractivity contribution in [2.24, 2.45) is 0 Å². The van der Waals surface area contributed by atoms with Crippen LogP contribution in [-0.4, -0.2) is 32.9 Å². The number of hydrogen-bond acceptors (Lipinski definition) is 6. The minimum absolute atomic E-state index is 0.0624. The summed E-state index contributed by atoms with van der Waals surface area (Å²) < 4.78 is 5.52. The number of nitrogens with one attached hydrogen (secondary N) is 1. The van der Waals surface area contributed by atoms with Crippen LogP contribution in [0.25, 0.3) is 11.5 Å². The summed E-state index contributed by atoms with van der Waals surface area (Å²) in [5.41, 5.74) is 1.77. The van der Waals surface area contributed by atoms with Crippen molar-refractivity contribution in [2.45, 2.75) is 11.6 Å². The van der Waals surface area contributed by atoms with E-state index in [4.69, 9.17) is 32.7 Å². The second-order valence-electron chi connectivity index (χ2n) is 5.60. The van der Waals surface area contributed by atoms with Crippen LogP contribution in [0.15, 0.2) is 52.1 Å². The highest BCUT2D eigenvalue weighted by Gasteiger charge is 2.14. The lowest BCUT2D eigenvalue weighted by molar-refractivity contribution is -0.136. The van der Waals surface area contributed by atoms with Crippen LogP contribution >= 0.6 is 35.0 Å². The van der Waals surface area contributed by atoms with Gasteiger partial charge in [0.05, 0.1) is 22.8 Å². The van der Waals surface area contributed by atoms with E-state index in [1.165, 1.54) is 0 Å². The molecule has 0 radical (unpaired) electrons. The van der Waals surface area contributed by atoms with E-state index in [9.17, 15) is 9.59 Å². The monoisotopic (exact) mass is 437 g/mol. The van der Waals surface area contributed by atoms with Gasteiger partial charge >= 0.3 is 5.97 Å². The van der Waals surface area contributed by atoms with E-state index in [0.717, 1.165) is 11.8 Å². The average Bonchev–Trinajstić information content (AvgIpc) is 3.10. The summed E-state index contributed by atoms with van der Waals surface area (Å²) in [6.45, 7) is 0. The Morgan fingerprint density at radius 2 is 1.86 bits per heavy atom. The molecule has 2 aromatic carbocycles. The molecule has 0 atom stereocenters. The molecule has 10 heteroatoms. The first kappa shape index (κ1) is 20.2. The minimum atomic E-state index is -0.910. The summed E-state index contributed by atoms with van der Waals surface area (Å²) in [5.74, 6) is -0.877. The maximum Gasteiger partial charge on any atom is 0.307 e. The fourth-order valence-electron chi connectivity index (χ4n) is 2.24. The Kier molecular flexibility index (Phi) is 6.56. The predicted molar refractivity (Wildman–Crippen MR) is 107 cm³/mol. The summed E-state index contributed by atoms with van der Waals surface area (Å²) in [7, 11) is 0. The summed E-state index contributed by atoms with van der Waals surface area (Å²) >= 11 is 13.1. The lowest BCUT2D eigenvalue weighted by Gasteiger charge is -2.05. The van der Waals surface area contributed by atoms with Crippen LogP contribution in [0.5, 0.6) is 0 Å². The Balaban J connectivity index is 1.55. The summed E-state index contributed by atoms with van der Waals surface area (Å²) in [6, 6.07) is 11.5. The maximum absolute atomic E-state index is 12.1. The molecule has 0 aliphatic rings. The van der Waals surface area contributed by atoms with E-state index >= 15 is 0 Å². The van der Waals surface area contributed by atoms with E-state index in [1.807, 2.05) is 0 Å². The Bertz CT molecular complexity index is 1010. The molecule has 0 saturated heterocycles. The first-order chi connectivity index (χ1) is 13.4. The van der Waals surface area contributed by atoms with E-state index in [1.54, 1.807) is 42.5 Å². The van der Waals surface area contributed by atoms with Gasteiger partial charge in [-0.15, -0.1) is 10.2 Å². The number of aliphatic carboxylic acids is 1. The van der Waals surface area contributed by atoms with Crippen molar-refractivity contribution >= 4 is 52.5 Å². The van der Waals surface area contributed by atoms with Gasteiger partial charge in [-0.25, -0.2) is 0 Å². The second-order valence-corrected chi connectivity index (χ2v) is 7.37. The van der Waals surface area contributed by atoms with Crippen molar-refractivity contribution in [3.8, 4) is 11.5 Å². The molecule has 0 bridgehead atoms. The Hall–Kier alpha value is -2.55. The molecule has 0 aliphatic heterocycles. The number of nitrogens with zero attached hydrogens (tertiary/aromatic N) is 2. The maximum atomic E-state index is 12.1. The summed E-state index contributed by atoms with van der Waals surface area (Å²) in [5, 5.41) is 20.4. The van der Waals surface area contributed by atoms with Crippen LogP contribution in [0.4, 0.5) is 5.69 Å². The highest BCUT2D eigenvalue weighted by atomic mass is 35.5. The number of hydrogen-bond donors (Lipinski definition) is 2. The van der Waals surface area contributed by atoms with E-state index < -0.39 is 5.97 Å². The Labute approximate surface area is 174 Å². The minimum Gasteiger partial charge on any atom is -0.481 e. The molecule has 0 spiro atoms. The number of carbonyl (C=O) groups excluding carboxylic acids is 1. The summed E-state index contributed by atoms with van der Waals surface area (Å²) in [6.07, 6.45) is -0.0682. The van der Waals surface area contributed by atoms with Gasteiger partial charge in [-0.05, 0) is 35.9 Å². The quantitative estimate of drug-likeness (QED) is 0.527. The normalized spacial score (nSPS) is 10.6. The molecule has 0 fully saturated rings. The molecule has 3 rings (SSSR count). The number of benzene rings is 2. The van der Waals surface area contributed by atoms with Gasteiger partial charge in [0.25, 0.3) is 5.22 Å².